The largest absolute Gasteiger partial charge is 0.479 e. The zero-order chi connectivity index (χ0) is 18.9. The van der Waals surface area contributed by atoms with Crippen LogP contribution in [0.4, 0.5) is 11.6 Å². The van der Waals surface area contributed by atoms with E-state index in [9.17, 15) is 0 Å². The summed E-state index contributed by atoms with van der Waals surface area (Å²) in [6.07, 6.45) is 8.31. The molecule has 8 heteroatoms. The second-order valence-electron chi connectivity index (χ2n) is 6.98. The Hall–Kier alpha value is -3.39. The summed E-state index contributed by atoms with van der Waals surface area (Å²) in [5.41, 5.74) is 9.12. The van der Waals surface area contributed by atoms with Gasteiger partial charge in [0.15, 0.2) is 5.65 Å². The molecule has 0 spiro atoms. The van der Waals surface area contributed by atoms with E-state index < -0.39 is 0 Å². The van der Waals surface area contributed by atoms with Gasteiger partial charge in [0.1, 0.15) is 12.5 Å². The highest BCUT2D eigenvalue weighted by molar-refractivity contribution is 5.78. The molecule has 1 aliphatic rings. The Morgan fingerprint density at radius 2 is 2.04 bits per heavy atom. The average Bonchev–Trinajstić information content (AvgIpc) is 3.25. The lowest BCUT2D eigenvalue weighted by molar-refractivity contribution is 0.330. The fourth-order valence-corrected chi connectivity index (χ4v) is 3.23. The summed E-state index contributed by atoms with van der Waals surface area (Å²) in [4.78, 5) is 4.68. The quantitative estimate of drug-likeness (QED) is 0.482. The van der Waals surface area contributed by atoms with E-state index in [1.807, 2.05) is 59.7 Å². The first-order valence-corrected chi connectivity index (χ1v) is 9.37. The predicted octanol–water partition coefficient (Wildman–Crippen LogP) is 3.04. The molecule has 0 radical (unpaired) electrons. The standard InChI is InChI=1S/C20H21N7O/c21-13-28-17-7-5-15(6-8-17)18-2-1-9-27-19(18)24-20(25-27)23-16-10-22-26(12-16)11-14-3-4-14/h1-2,5-10,12,14H,3-4,11,13,21H2,(H,23,25). The first-order valence-electron chi connectivity index (χ1n) is 9.37. The zero-order valence-electron chi connectivity index (χ0n) is 15.3. The smallest absolute Gasteiger partial charge is 0.247 e. The summed E-state index contributed by atoms with van der Waals surface area (Å²) in [5, 5.41) is 12.2. The van der Waals surface area contributed by atoms with E-state index in [0.717, 1.165) is 40.7 Å². The molecule has 3 N–H and O–H groups in total. The van der Waals surface area contributed by atoms with Gasteiger partial charge < -0.3 is 10.1 Å². The van der Waals surface area contributed by atoms with Crippen molar-refractivity contribution in [3.8, 4) is 16.9 Å². The van der Waals surface area contributed by atoms with Crippen LogP contribution in [0.5, 0.6) is 5.75 Å². The highest BCUT2D eigenvalue weighted by atomic mass is 16.5. The van der Waals surface area contributed by atoms with Crippen molar-refractivity contribution in [2.75, 3.05) is 12.0 Å². The Labute approximate surface area is 162 Å². The molecular formula is C20H21N7O. The van der Waals surface area contributed by atoms with E-state index in [0.29, 0.717) is 5.95 Å². The van der Waals surface area contributed by atoms with Gasteiger partial charge in [-0.2, -0.15) is 10.1 Å². The van der Waals surface area contributed by atoms with Crippen molar-refractivity contribution in [2.45, 2.75) is 19.4 Å². The number of nitrogens with zero attached hydrogens (tertiary/aromatic N) is 5. The molecular weight excluding hydrogens is 354 g/mol. The lowest BCUT2D eigenvalue weighted by Gasteiger charge is -2.05. The summed E-state index contributed by atoms with van der Waals surface area (Å²) in [6, 6.07) is 11.8. The molecule has 1 saturated carbocycles. The van der Waals surface area contributed by atoms with Crippen LogP contribution in [-0.4, -0.2) is 31.1 Å². The number of ether oxygens (including phenoxy) is 1. The fourth-order valence-electron chi connectivity index (χ4n) is 3.23. The van der Waals surface area contributed by atoms with E-state index in [2.05, 4.69) is 20.5 Å². The van der Waals surface area contributed by atoms with Crippen LogP contribution < -0.4 is 15.8 Å². The van der Waals surface area contributed by atoms with Gasteiger partial charge in [-0.15, -0.1) is 5.10 Å². The fraction of sp³-hybridized carbons (Fsp3) is 0.250. The van der Waals surface area contributed by atoms with Gasteiger partial charge in [-0.3, -0.25) is 10.4 Å². The first-order chi connectivity index (χ1) is 13.8. The lowest BCUT2D eigenvalue weighted by Crippen LogP contribution is -2.06. The van der Waals surface area contributed by atoms with E-state index in [-0.39, 0.29) is 6.73 Å². The molecule has 3 aromatic heterocycles. The average molecular weight is 375 g/mol. The van der Waals surface area contributed by atoms with Crippen LogP contribution in [0.15, 0.2) is 55.0 Å². The maximum absolute atomic E-state index is 5.42. The minimum atomic E-state index is 0.158. The van der Waals surface area contributed by atoms with Gasteiger partial charge in [-0.1, -0.05) is 12.1 Å². The summed E-state index contributed by atoms with van der Waals surface area (Å²) >= 11 is 0. The van der Waals surface area contributed by atoms with Crippen LogP contribution in [0.1, 0.15) is 12.8 Å². The molecule has 8 nitrogen and oxygen atoms in total. The van der Waals surface area contributed by atoms with Gasteiger partial charge in [-0.25, -0.2) is 4.52 Å². The maximum atomic E-state index is 5.42. The monoisotopic (exact) mass is 375 g/mol. The molecule has 5 rings (SSSR count). The van der Waals surface area contributed by atoms with E-state index in [4.69, 9.17) is 10.5 Å². The maximum Gasteiger partial charge on any atom is 0.247 e. The van der Waals surface area contributed by atoms with Crippen LogP contribution in [0.3, 0.4) is 0 Å². The van der Waals surface area contributed by atoms with Gasteiger partial charge in [0.2, 0.25) is 5.95 Å². The molecule has 28 heavy (non-hydrogen) atoms. The minimum Gasteiger partial charge on any atom is -0.479 e. The van der Waals surface area contributed by atoms with Crippen LogP contribution >= 0.6 is 0 Å². The number of anilines is 2. The van der Waals surface area contributed by atoms with Crippen molar-refractivity contribution in [3.63, 3.8) is 0 Å². The summed E-state index contributed by atoms with van der Waals surface area (Å²) in [5.74, 6) is 2.07. The number of benzene rings is 1. The third kappa shape index (κ3) is 3.41. The first kappa shape index (κ1) is 16.8. The normalized spacial score (nSPS) is 13.8. The summed E-state index contributed by atoms with van der Waals surface area (Å²) < 4.78 is 9.06. The molecule has 1 aliphatic carbocycles. The molecule has 4 aromatic rings. The van der Waals surface area contributed by atoms with Crippen LogP contribution in [0.2, 0.25) is 0 Å². The predicted molar refractivity (Wildman–Crippen MR) is 106 cm³/mol. The lowest BCUT2D eigenvalue weighted by atomic mass is 10.1. The Bertz CT molecular complexity index is 1100. The van der Waals surface area contributed by atoms with Crippen molar-refractivity contribution >= 4 is 17.3 Å². The molecule has 0 amide bonds. The van der Waals surface area contributed by atoms with Crippen molar-refractivity contribution < 1.29 is 4.74 Å². The number of aromatic nitrogens is 5. The summed E-state index contributed by atoms with van der Waals surface area (Å²) in [7, 11) is 0. The molecule has 0 unspecified atom stereocenters. The number of nitrogens with one attached hydrogen (secondary N) is 1. The number of rotatable bonds is 7. The Morgan fingerprint density at radius 1 is 1.18 bits per heavy atom. The number of pyridine rings is 1. The minimum absolute atomic E-state index is 0.158. The SMILES string of the molecule is NCOc1ccc(-c2cccn3nc(Nc4cnn(CC5CC5)c4)nc23)cc1. The second kappa shape index (κ2) is 6.97. The Balaban J connectivity index is 1.41. The molecule has 1 fully saturated rings. The number of hydrogen-bond donors (Lipinski definition) is 2. The Kier molecular flexibility index (Phi) is 4.17. The summed E-state index contributed by atoms with van der Waals surface area (Å²) in [6.45, 7) is 1.14. The topological polar surface area (TPSA) is 95.3 Å². The van der Waals surface area contributed by atoms with Gasteiger partial charge in [-0.05, 0) is 48.6 Å². The molecule has 0 saturated heterocycles. The number of hydrogen-bond acceptors (Lipinski definition) is 6. The van der Waals surface area contributed by atoms with Crippen molar-refractivity contribution in [1.29, 1.82) is 0 Å². The molecule has 0 aliphatic heterocycles. The highest BCUT2D eigenvalue weighted by Crippen LogP contribution is 2.31. The molecule has 1 aromatic carbocycles. The number of nitrogens with two attached hydrogens (primary N) is 1. The van der Waals surface area contributed by atoms with Gasteiger partial charge >= 0.3 is 0 Å². The van der Waals surface area contributed by atoms with Crippen molar-refractivity contribution in [2.24, 2.45) is 11.7 Å². The molecule has 0 atom stereocenters. The number of fused-ring (bicyclic) bond motifs is 1. The van der Waals surface area contributed by atoms with Crippen LogP contribution in [-0.2, 0) is 6.54 Å². The molecule has 3 heterocycles. The van der Waals surface area contributed by atoms with Crippen LogP contribution in [0, 0.1) is 5.92 Å². The highest BCUT2D eigenvalue weighted by Gasteiger charge is 2.22. The third-order valence-electron chi connectivity index (χ3n) is 4.81. The second-order valence-corrected chi connectivity index (χ2v) is 6.98. The van der Waals surface area contributed by atoms with Crippen molar-refractivity contribution in [1.82, 2.24) is 24.4 Å². The van der Waals surface area contributed by atoms with E-state index in [1.165, 1.54) is 12.8 Å². The van der Waals surface area contributed by atoms with Crippen molar-refractivity contribution in [3.05, 3.63) is 55.0 Å². The van der Waals surface area contributed by atoms with Crippen LogP contribution in [0.25, 0.3) is 16.8 Å². The van der Waals surface area contributed by atoms with E-state index >= 15 is 0 Å². The van der Waals surface area contributed by atoms with Gasteiger partial charge in [0.25, 0.3) is 0 Å². The molecule has 142 valence electrons. The van der Waals surface area contributed by atoms with E-state index in [1.54, 1.807) is 4.52 Å². The zero-order valence-corrected chi connectivity index (χ0v) is 15.3. The van der Waals surface area contributed by atoms with Gasteiger partial charge in [0.05, 0.1) is 11.9 Å². The molecule has 0 bridgehead atoms. The third-order valence-corrected chi connectivity index (χ3v) is 4.81. The van der Waals surface area contributed by atoms with Gasteiger partial charge in [0, 0.05) is 24.5 Å². The Morgan fingerprint density at radius 3 is 2.82 bits per heavy atom.